The lowest BCUT2D eigenvalue weighted by molar-refractivity contribution is -0.142. The lowest BCUT2D eigenvalue weighted by Gasteiger charge is -2.26. The van der Waals surface area contributed by atoms with Crippen LogP contribution in [0.2, 0.25) is 0 Å². The summed E-state index contributed by atoms with van der Waals surface area (Å²) in [5, 5.41) is 10.2. The van der Waals surface area contributed by atoms with Gasteiger partial charge in [0.1, 0.15) is 23.2 Å². The molecule has 3 aromatic rings. The van der Waals surface area contributed by atoms with Gasteiger partial charge in [0.2, 0.25) is 0 Å². The number of halogens is 3. The van der Waals surface area contributed by atoms with Crippen LogP contribution in [-0.2, 0) is 17.6 Å². The van der Waals surface area contributed by atoms with E-state index in [4.69, 9.17) is 4.74 Å². The smallest absolute Gasteiger partial charge is 0.433 e. The van der Waals surface area contributed by atoms with Gasteiger partial charge in [-0.3, -0.25) is 9.78 Å². The van der Waals surface area contributed by atoms with Crippen molar-refractivity contribution in [3.05, 3.63) is 58.7 Å². The third kappa shape index (κ3) is 4.85. The van der Waals surface area contributed by atoms with E-state index >= 15 is 0 Å². The molecule has 0 saturated heterocycles. The molecule has 0 bridgehead atoms. The fraction of sp³-hybridized carbons (Fsp3) is 0.318. The van der Waals surface area contributed by atoms with Gasteiger partial charge < -0.3 is 14.7 Å². The molecular weight excluding hydrogens is 445 g/mol. The van der Waals surface area contributed by atoms with Gasteiger partial charge in [-0.2, -0.15) is 13.2 Å². The molecule has 3 rings (SSSR count). The molecule has 0 radical (unpaired) electrons. The number of aliphatic carboxylic acids is 1. The number of benzene rings is 1. The van der Waals surface area contributed by atoms with Gasteiger partial charge in [0.25, 0.3) is 5.91 Å². The normalized spacial score (nSPS) is 12.5. The van der Waals surface area contributed by atoms with E-state index < -0.39 is 29.8 Å². The molecule has 0 spiro atoms. The Morgan fingerprint density at radius 2 is 1.91 bits per heavy atom. The van der Waals surface area contributed by atoms with Gasteiger partial charge >= 0.3 is 12.1 Å². The Balaban J connectivity index is 1.94. The number of carboxylic acid groups (broad SMARTS) is 1. The third-order valence-corrected chi connectivity index (χ3v) is 6.03. The van der Waals surface area contributed by atoms with Crippen LogP contribution >= 0.6 is 11.3 Å². The first-order chi connectivity index (χ1) is 15.2. The Hall–Kier alpha value is -3.14. The van der Waals surface area contributed by atoms with E-state index in [9.17, 15) is 27.9 Å². The number of nitrogens with zero attached hydrogens (tertiary/aromatic N) is 2. The predicted molar refractivity (Wildman–Crippen MR) is 114 cm³/mol. The van der Waals surface area contributed by atoms with E-state index in [1.54, 1.807) is 32.0 Å². The number of alkyl halides is 3. The number of amides is 1. The summed E-state index contributed by atoms with van der Waals surface area (Å²) >= 11 is 1.18. The van der Waals surface area contributed by atoms with E-state index in [0.717, 1.165) is 17.0 Å². The van der Waals surface area contributed by atoms with Gasteiger partial charge in [0.05, 0.1) is 0 Å². The zero-order chi connectivity index (χ0) is 23.5. The molecule has 2 aromatic heterocycles. The number of ether oxygens (including phenoxy) is 1. The van der Waals surface area contributed by atoms with Crippen LogP contribution in [0.5, 0.6) is 5.75 Å². The number of carboxylic acids is 1. The molecule has 6 nitrogen and oxygen atoms in total. The monoisotopic (exact) mass is 466 g/mol. The second-order valence-electron chi connectivity index (χ2n) is 6.95. The minimum Gasteiger partial charge on any atom is -0.486 e. The highest BCUT2D eigenvalue weighted by molar-refractivity contribution is 7.21. The fourth-order valence-electron chi connectivity index (χ4n) is 3.30. The lowest BCUT2D eigenvalue weighted by Crippen LogP contribution is -2.44. The quantitative estimate of drug-likeness (QED) is 0.492. The summed E-state index contributed by atoms with van der Waals surface area (Å²) in [7, 11) is 0. The maximum Gasteiger partial charge on any atom is 0.433 e. The number of carbonyl (C=O) groups excluding carboxylic acids is 1. The van der Waals surface area contributed by atoms with Crippen LogP contribution in [0.4, 0.5) is 13.2 Å². The molecule has 1 N–H and O–H groups in total. The van der Waals surface area contributed by atoms with Crippen molar-refractivity contribution in [3.8, 4) is 5.75 Å². The van der Waals surface area contributed by atoms with Crippen LogP contribution in [0.3, 0.4) is 0 Å². The largest absolute Gasteiger partial charge is 0.486 e. The number of hydrogen-bond acceptors (Lipinski definition) is 5. The summed E-state index contributed by atoms with van der Waals surface area (Å²) in [6, 6.07) is 8.32. The standard InChI is InChI=1S/C22H21F3N2O4S/c1-3-15(21(29)30)27(4-2)20(28)19-18(14-7-5-6-8-16(14)32-19)31-12-13-9-10-17(26-11-13)22(23,24)25/h5-11,15H,3-4,12H2,1-2H3,(H,29,30). The zero-order valence-corrected chi connectivity index (χ0v) is 18.2. The number of fused-ring (bicyclic) bond motifs is 1. The molecule has 2 heterocycles. The average molecular weight is 466 g/mol. The van der Waals surface area contributed by atoms with Crippen LogP contribution in [-0.4, -0.2) is 39.5 Å². The minimum atomic E-state index is -4.54. The maximum atomic E-state index is 13.3. The summed E-state index contributed by atoms with van der Waals surface area (Å²) < 4.78 is 44.8. The molecule has 0 aliphatic carbocycles. The zero-order valence-electron chi connectivity index (χ0n) is 17.3. The van der Waals surface area contributed by atoms with E-state index in [-0.39, 0.29) is 30.2 Å². The number of hydrogen-bond donors (Lipinski definition) is 1. The van der Waals surface area contributed by atoms with Crippen molar-refractivity contribution in [1.82, 2.24) is 9.88 Å². The van der Waals surface area contributed by atoms with Crippen molar-refractivity contribution in [1.29, 1.82) is 0 Å². The number of rotatable bonds is 8. The van der Waals surface area contributed by atoms with E-state index in [0.29, 0.717) is 10.9 Å². The molecule has 0 fully saturated rings. The molecule has 1 atom stereocenters. The summed E-state index contributed by atoms with van der Waals surface area (Å²) in [5.41, 5.74) is -0.605. The van der Waals surface area contributed by atoms with Gasteiger partial charge in [-0.1, -0.05) is 25.1 Å². The molecule has 1 amide bonds. The molecule has 32 heavy (non-hydrogen) atoms. The highest BCUT2D eigenvalue weighted by atomic mass is 32.1. The van der Waals surface area contributed by atoms with Crippen LogP contribution in [0.1, 0.15) is 41.2 Å². The third-order valence-electron chi connectivity index (χ3n) is 4.89. The maximum absolute atomic E-state index is 13.3. The highest BCUT2D eigenvalue weighted by Gasteiger charge is 2.33. The SMILES string of the molecule is CCC(C(=O)O)N(CC)C(=O)c1sc2ccccc2c1OCc1ccc(C(F)(F)F)nc1. The topological polar surface area (TPSA) is 79.7 Å². The van der Waals surface area contributed by atoms with Crippen LogP contribution in [0.15, 0.2) is 42.6 Å². The molecule has 170 valence electrons. The molecular formula is C22H21F3N2O4S. The molecule has 0 saturated carbocycles. The first-order valence-electron chi connectivity index (χ1n) is 9.87. The van der Waals surface area contributed by atoms with E-state index in [1.165, 1.54) is 22.3 Å². The molecule has 1 unspecified atom stereocenters. The Morgan fingerprint density at radius 3 is 2.47 bits per heavy atom. The van der Waals surface area contributed by atoms with Gasteiger partial charge in [-0.25, -0.2) is 4.79 Å². The summed E-state index contributed by atoms with van der Waals surface area (Å²) in [5.74, 6) is -1.29. The second kappa shape index (κ2) is 9.56. The van der Waals surface area contributed by atoms with E-state index in [1.807, 2.05) is 6.07 Å². The Morgan fingerprint density at radius 1 is 1.19 bits per heavy atom. The lowest BCUT2D eigenvalue weighted by atomic mass is 10.1. The van der Waals surface area contributed by atoms with Crippen LogP contribution in [0, 0.1) is 0 Å². The number of likely N-dealkylation sites (N-methyl/N-ethyl adjacent to an activating group) is 1. The van der Waals surface area contributed by atoms with Gasteiger partial charge in [-0.15, -0.1) is 11.3 Å². The van der Waals surface area contributed by atoms with Crippen molar-refractivity contribution >= 4 is 33.3 Å². The summed E-state index contributed by atoms with van der Waals surface area (Å²) in [6.45, 7) is 3.48. The predicted octanol–water partition coefficient (Wildman–Crippen LogP) is 5.22. The Bertz CT molecular complexity index is 1110. The molecule has 1 aromatic carbocycles. The van der Waals surface area contributed by atoms with Crippen LogP contribution in [0.25, 0.3) is 10.1 Å². The van der Waals surface area contributed by atoms with Crippen molar-refractivity contribution < 1.29 is 32.6 Å². The summed E-state index contributed by atoms with van der Waals surface area (Å²) in [6.07, 6.45) is -3.21. The average Bonchev–Trinajstić information content (AvgIpc) is 3.13. The highest BCUT2D eigenvalue weighted by Crippen LogP contribution is 2.39. The van der Waals surface area contributed by atoms with Crippen molar-refractivity contribution in [3.63, 3.8) is 0 Å². The van der Waals surface area contributed by atoms with Crippen molar-refractivity contribution in [2.75, 3.05) is 6.54 Å². The van der Waals surface area contributed by atoms with Crippen molar-refractivity contribution in [2.45, 2.75) is 39.1 Å². The first-order valence-corrected chi connectivity index (χ1v) is 10.7. The van der Waals surface area contributed by atoms with Gasteiger partial charge in [0.15, 0.2) is 5.75 Å². The number of pyridine rings is 1. The second-order valence-corrected chi connectivity index (χ2v) is 8.00. The fourth-order valence-corrected chi connectivity index (χ4v) is 4.41. The number of thiophene rings is 1. The summed E-state index contributed by atoms with van der Waals surface area (Å²) in [4.78, 5) is 29.9. The molecule has 10 heteroatoms. The Kier molecular flexibility index (Phi) is 7.02. The number of aromatic nitrogens is 1. The van der Waals surface area contributed by atoms with Gasteiger partial charge in [-0.05, 0) is 31.5 Å². The van der Waals surface area contributed by atoms with Crippen LogP contribution < -0.4 is 4.74 Å². The van der Waals surface area contributed by atoms with Gasteiger partial charge in [0, 0.05) is 28.4 Å². The van der Waals surface area contributed by atoms with E-state index in [2.05, 4.69) is 4.98 Å². The van der Waals surface area contributed by atoms with Crippen molar-refractivity contribution in [2.24, 2.45) is 0 Å². The molecule has 0 aliphatic rings. The Labute approximate surface area is 186 Å². The first kappa shape index (κ1) is 23.5. The number of carbonyl (C=O) groups is 2. The minimum absolute atomic E-state index is 0.103. The molecule has 0 aliphatic heterocycles.